The van der Waals surface area contributed by atoms with Crippen molar-refractivity contribution >= 4 is 5.69 Å². The molecule has 5 nitrogen and oxygen atoms in total. The number of para-hydroxylation sites is 1. The van der Waals surface area contributed by atoms with Gasteiger partial charge in [0.05, 0.1) is 26.4 Å². The summed E-state index contributed by atoms with van der Waals surface area (Å²) in [4.78, 5) is 4.47. The normalized spacial score (nSPS) is 16.3. The van der Waals surface area contributed by atoms with E-state index >= 15 is 0 Å². The molecule has 27 heavy (non-hydrogen) atoms. The fraction of sp³-hybridized carbons (Fsp3) is 0.429. The Labute approximate surface area is 159 Å². The van der Waals surface area contributed by atoms with Crippen LogP contribution >= 0.6 is 0 Å². The zero-order chi connectivity index (χ0) is 19.1. The quantitative estimate of drug-likeness (QED) is 0.769. The second-order valence-corrected chi connectivity index (χ2v) is 6.74. The fourth-order valence-electron chi connectivity index (χ4n) is 3.32. The third-order valence-electron chi connectivity index (χ3n) is 4.79. The van der Waals surface area contributed by atoms with Gasteiger partial charge in [-0.25, -0.2) is 4.39 Å². The maximum atomic E-state index is 13.0. The van der Waals surface area contributed by atoms with Crippen molar-refractivity contribution in [3.05, 3.63) is 59.9 Å². The molecule has 6 heteroatoms. The van der Waals surface area contributed by atoms with Crippen molar-refractivity contribution in [2.24, 2.45) is 0 Å². The highest BCUT2D eigenvalue weighted by Crippen LogP contribution is 2.19. The number of rotatable bonds is 8. The van der Waals surface area contributed by atoms with Crippen molar-refractivity contribution in [3.63, 3.8) is 0 Å². The lowest BCUT2D eigenvalue weighted by Crippen LogP contribution is -2.49. The van der Waals surface area contributed by atoms with Gasteiger partial charge in [0.2, 0.25) is 0 Å². The highest BCUT2D eigenvalue weighted by molar-refractivity contribution is 5.46. The second-order valence-electron chi connectivity index (χ2n) is 6.74. The number of ether oxygens (including phenoxy) is 2. The van der Waals surface area contributed by atoms with E-state index in [4.69, 9.17) is 9.47 Å². The number of hydrogen-bond acceptors (Lipinski definition) is 5. The number of hydrogen-bond donors (Lipinski definition) is 1. The van der Waals surface area contributed by atoms with Gasteiger partial charge in [-0.2, -0.15) is 0 Å². The van der Waals surface area contributed by atoms with Crippen molar-refractivity contribution < 1.29 is 19.0 Å². The Hall–Kier alpha value is -2.15. The van der Waals surface area contributed by atoms with E-state index < -0.39 is 6.10 Å². The van der Waals surface area contributed by atoms with Gasteiger partial charge in [-0.15, -0.1) is 0 Å². The summed E-state index contributed by atoms with van der Waals surface area (Å²) in [5.41, 5.74) is 2.01. The number of aliphatic hydroxyl groups excluding tert-OH is 1. The lowest BCUT2D eigenvalue weighted by Gasteiger charge is -2.36. The number of nitrogens with zero attached hydrogens (tertiary/aromatic N) is 2. The Kier molecular flexibility index (Phi) is 7.04. The summed E-state index contributed by atoms with van der Waals surface area (Å²) in [5.74, 6) is 0.581. The van der Waals surface area contributed by atoms with Crippen molar-refractivity contribution in [2.45, 2.75) is 12.7 Å². The summed E-state index contributed by atoms with van der Waals surface area (Å²) in [6.07, 6.45) is -0.530. The number of halogens is 1. The van der Waals surface area contributed by atoms with Gasteiger partial charge in [0.1, 0.15) is 11.6 Å². The SMILES string of the molecule is COc1ccccc1COC[C@H](O)CN1CCN(c2ccc(F)cc2)CC1. The molecule has 0 radical (unpaired) electrons. The van der Waals surface area contributed by atoms with Crippen LogP contribution in [0.3, 0.4) is 0 Å². The molecule has 0 saturated carbocycles. The van der Waals surface area contributed by atoms with Crippen LogP contribution < -0.4 is 9.64 Å². The van der Waals surface area contributed by atoms with Gasteiger partial charge in [0.15, 0.2) is 0 Å². The van der Waals surface area contributed by atoms with E-state index in [0.29, 0.717) is 13.2 Å². The first-order valence-electron chi connectivity index (χ1n) is 9.26. The average Bonchev–Trinajstić information content (AvgIpc) is 2.69. The van der Waals surface area contributed by atoms with E-state index in [0.717, 1.165) is 43.2 Å². The molecule has 1 aliphatic rings. The van der Waals surface area contributed by atoms with Crippen molar-refractivity contribution in [1.29, 1.82) is 0 Å². The number of benzene rings is 2. The van der Waals surface area contributed by atoms with E-state index in [1.165, 1.54) is 12.1 Å². The first kappa shape index (κ1) is 19.6. The second kappa shape index (κ2) is 9.69. The number of piperazine rings is 1. The van der Waals surface area contributed by atoms with Crippen molar-refractivity contribution in [3.8, 4) is 5.75 Å². The molecule has 0 spiro atoms. The molecule has 1 atom stereocenters. The maximum Gasteiger partial charge on any atom is 0.124 e. The van der Waals surface area contributed by atoms with Crippen molar-refractivity contribution in [2.75, 3.05) is 51.3 Å². The molecule has 0 aliphatic carbocycles. The lowest BCUT2D eigenvalue weighted by molar-refractivity contribution is 0.00866. The molecule has 0 bridgehead atoms. The third-order valence-corrected chi connectivity index (χ3v) is 4.79. The summed E-state index contributed by atoms with van der Waals surface area (Å²) >= 11 is 0. The van der Waals surface area contributed by atoms with Crippen LogP contribution in [0.1, 0.15) is 5.56 Å². The van der Waals surface area contributed by atoms with Crippen LogP contribution in [-0.2, 0) is 11.3 Å². The van der Waals surface area contributed by atoms with E-state index in [1.54, 1.807) is 7.11 Å². The molecule has 0 unspecified atom stereocenters. The van der Waals surface area contributed by atoms with Crippen LogP contribution in [0.15, 0.2) is 48.5 Å². The Bertz CT molecular complexity index is 703. The summed E-state index contributed by atoms with van der Waals surface area (Å²) in [6.45, 7) is 4.74. The van der Waals surface area contributed by atoms with Gasteiger partial charge in [-0.3, -0.25) is 4.90 Å². The topological polar surface area (TPSA) is 45.2 Å². The van der Waals surface area contributed by atoms with Crippen molar-refractivity contribution in [1.82, 2.24) is 4.90 Å². The van der Waals surface area contributed by atoms with Gasteiger partial charge in [0, 0.05) is 44.0 Å². The number of methoxy groups -OCH3 is 1. The summed E-state index contributed by atoms with van der Waals surface area (Å²) in [5, 5.41) is 10.3. The standard InChI is InChI=1S/C21H27FN2O3/c1-26-21-5-3-2-4-17(21)15-27-16-20(25)14-23-10-12-24(13-11-23)19-8-6-18(22)7-9-19/h2-9,20,25H,10-16H2,1H3/t20-/m1/s1. The Morgan fingerprint density at radius 1 is 1.04 bits per heavy atom. The first-order chi connectivity index (χ1) is 13.2. The van der Waals surface area contributed by atoms with Crippen LogP contribution in [0.2, 0.25) is 0 Å². The summed E-state index contributed by atoms with van der Waals surface area (Å²) in [7, 11) is 1.64. The average molecular weight is 374 g/mol. The van der Waals surface area contributed by atoms with Crippen LogP contribution in [0.5, 0.6) is 5.75 Å². The maximum absolute atomic E-state index is 13.0. The van der Waals surface area contributed by atoms with E-state index in [2.05, 4.69) is 9.80 Å². The Morgan fingerprint density at radius 3 is 2.44 bits per heavy atom. The van der Waals surface area contributed by atoms with E-state index in [9.17, 15) is 9.50 Å². The van der Waals surface area contributed by atoms with Gasteiger partial charge in [-0.1, -0.05) is 18.2 Å². The molecule has 1 aliphatic heterocycles. The predicted octanol–water partition coefficient (Wildman–Crippen LogP) is 2.53. The molecule has 1 fully saturated rings. The molecular weight excluding hydrogens is 347 g/mol. The van der Waals surface area contributed by atoms with Gasteiger partial charge in [0.25, 0.3) is 0 Å². The van der Waals surface area contributed by atoms with Crippen LogP contribution in [0, 0.1) is 5.82 Å². The molecular formula is C21H27FN2O3. The van der Waals surface area contributed by atoms with Crippen LogP contribution in [-0.4, -0.2) is 62.6 Å². The lowest BCUT2D eigenvalue weighted by atomic mass is 10.2. The molecule has 1 heterocycles. The molecule has 1 saturated heterocycles. The van der Waals surface area contributed by atoms with Gasteiger partial charge >= 0.3 is 0 Å². The minimum Gasteiger partial charge on any atom is -0.496 e. The zero-order valence-corrected chi connectivity index (χ0v) is 15.7. The number of β-amino-alcohol motifs (C(OH)–C–C–N with tert-alkyl or cyclic N) is 1. The molecule has 2 aromatic carbocycles. The monoisotopic (exact) mass is 374 g/mol. The molecule has 0 amide bonds. The van der Waals surface area contributed by atoms with Crippen LogP contribution in [0.25, 0.3) is 0 Å². The fourth-order valence-corrected chi connectivity index (χ4v) is 3.32. The highest BCUT2D eigenvalue weighted by atomic mass is 19.1. The number of anilines is 1. The van der Waals surface area contributed by atoms with E-state index in [-0.39, 0.29) is 12.4 Å². The predicted molar refractivity (Wildman–Crippen MR) is 104 cm³/mol. The molecule has 146 valence electrons. The zero-order valence-electron chi connectivity index (χ0n) is 15.7. The van der Waals surface area contributed by atoms with Gasteiger partial charge < -0.3 is 19.5 Å². The van der Waals surface area contributed by atoms with E-state index in [1.807, 2.05) is 36.4 Å². The Balaban J connectivity index is 1.38. The minimum atomic E-state index is -0.530. The molecule has 0 aromatic heterocycles. The smallest absolute Gasteiger partial charge is 0.124 e. The number of aliphatic hydroxyl groups is 1. The largest absolute Gasteiger partial charge is 0.496 e. The third kappa shape index (κ3) is 5.66. The summed E-state index contributed by atoms with van der Waals surface area (Å²) in [6, 6.07) is 14.3. The molecule has 3 rings (SSSR count). The summed E-state index contributed by atoms with van der Waals surface area (Å²) < 4.78 is 24.0. The van der Waals surface area contributed by atoms with Gasteiger partial charge in [-0.05, 0) is 30.3 Å². The van der Waals surface area contributed by atoms with Crippen LogP contribution in [0.4, 0.5) is 10.1 Å². The molecule has 1 N–H and O–H groups in total. The first-order valence-corrected chi connectivity index (χ1v) is 9.26. The minimum absolute atomic E-state index is 0.214. The molecule has 2 aromatic rings. The Morgan fingerprint density at radius 2 is 1.74 bits per heavy atom. The highest BCUT2D eigenvalue weighted by Gasteiger charge is 2.19.